The maximum Gasteiger partial charge on any atom is 0.243 e. The summed E-state index contributed by atoms with van der Waals surface area (Å²) >= 11 is 0. The summed E-state index contributed by atoms with van der Waals surface area (Å²) in [5.41, 5.74) is 1.16. The molecule has 126 valence electrons. The number of ether oxygens (including phenoxy) is 1. The lowest BCUT2D eigenvalue weighted by Crippen LogP contribution is -2.27. The second-order valence-electron chi connectivity index (χ2n) is 6.00. The van der Waals surface area contributed by atoms with Crippen molar-refractivity contribution in [2.45, 2.75) is 52.3 Å². The van der Waals surface area contributed by atoms with Crippen molar-refractivity contribution in [2.75, 3.05) is 13.2 Å². The molecule has 7 heteroatoms. The Morgan fingerprint density at radius 2 is 2.30 bits per heavy atom. The number of hydrogen-bond acceptors (Lipinski definition) is 6. The van der Waals surface area contributed by atoms with E-state index in [9.17, 15) is 0 Å². The molecule has 0 bridgehead atoms. The van der Waals surface area contributed by atoms with Crippen molar-refractivity contribution in [3.05, 3.63) is 29.7 Å². The first-order valence-electron chi connectivity index (χ1n) is 8.41. The molecule has 3 atom stereocenters. The molecule has 1 aliphatic rings. The largest absolute Gasteiger partial charge is 0.373 e. The normalized spacial score (nSPS) is 22.6. The van der Waals surface area contributed by atoms with Gasteiger partial charge in [-0.25, -0.2) is 0 Å². The molecule has 0 amide bonds. The third kappa shape index (κ3) is 3.61. The predicted octanol–water partition coefficient (Wildman–Crippen LogP) is 2.28. The smallest absolute Gasteiger partial charge is 0.243 e. The van der Waals surface area contributed by atoms with Crippen LogP contribution in [-0.4, -0.2) is 33.1 Å². The number of nitrogens with one attached hydrogen (secondary N) is 1. The van der Waals surface area contributed by atoms with Crippen LogP contribution in [0, 0.1) is 5.92 Å². The second-order valence-corrected chi connectivity index (χ2v) is 6.00. The van der Waals surface area contributed by atoms with E-state index in [2.05, 4.69) is 33.7 Å². The topological polar surface area (TPSA) is 78.0 Å². The average Bonchev–Trinajstić information content (AvgIpc) is 3.31. The lowest BCUT2D eigenvalue weighted by molar-refractivity contribution is 0.0895. The Hall–Kier alpha value is -1.73. The Morgan fingerprint density at radius 1 is 1.43 bits per heavy atom. The van der Waals surface area contributed by atoms with E-state index in [0.29, 0.717) is 11.8 Å². The predicted molar refractivity (Wildman–Crippen MR) is 84.8 cm³/mol. The minimum atomic E-state index is 0.0439. The van der Waals surface area contributed by atoms with E-state index in [4.69, 9.17) is 9.26 Å². The molecule has 0 radical (unpaired) electrons. The van der Waals surface area contributed by atoms with Crippen molar-refractivity contribution in [3.8, 4) is 0 Å². The van der Waals surface area contributed by atoms with Crippen LogP contribution in [0.4, 0.5) is 0 Å². The van der Waals surface area contributed by atoms with Crippen molar-refractivity contribution in [3.63, 3.8) is 0 Å². The molecule has 0 saturated carbocycles. The fourth-order valence-electron chi connectivity index (χ4n) is 2.91. The summed E-state index contributed by atoms with van der Waals surface area (Å²) in [5.74, 6) is 1.83. The molecule has 1 aliphatic heterocycles. The van der Waals surface area contributed by atoms with Crippen molar-refractivity contribution >= 4 is 0 Å². The summed E-state index contributed by atoms with van der Waals surface area (Å²) in [6, 6.07) is 0.0439. The Balaban J connectivity index is 1.58. The third-order valence-electron chi connectivity index (χ3n) is 4.38. The Morgan fingerprint density at radius 3 is 3.00 bits per heavy atom. The van der Waals surface area contributed by atoms with Crippen LogP contribution in [0.2, 0.25) is 0 Å². The fourth-order valence-corrected chi connectivity index (χ4v) is 2.91. The van der Waals surface area contributed by atoms with Gasteiger partial charge in [0.05, 0.1) is 18.3 Å². The van der Waals surface area contributed by atoms with Crippen molar-refractivity contribution in [1.29, 1.82) is 0 Å². The van der Waals surface area contributed by atoms with E-state index in [1.165, 1.54) is 0 Å². The van der Waals surface area contributed by atoms with Crippen molar-refractivity contribution < 1.29 is 9.26 Å². The Labute approximate surface area is 136 Å². The first kappa shape index (κ1) is 16.1. The molecule has 0 aromatic carbocycles. The Kier molecular flexibility index (Phi) is 5.07. The zero-order valence-electron chi connectivity index (χ0n) is 14.0. The van der Waals surface area contributed by atoms with E-state index < -0.39 is 0 Å². The van der Waals surface area contributed by atoms with Gasteiger partial charge in [0.1, 0.15) is 0 Å². The first-order chi connectivity index (χ1) is 11.2. The molecule has 23 heavy (non-hydrogen) atoms. The molecule has 1 saturated heterocycles. The highest BCUT2D eigenvalue weighted by Gasteiger charge is 2.31. The molecular formula is C16H25N5O2. The SMILES string of the molecule is CCc1noc(C(C)NCC2CCOC2c2cnn(CC)c2)n1. The maximum atomic E-state index is 5.92. The summed E-state index contributed by atoms with van der Waals surface area (Å²) in [4.78, 5) is 4.38. The highest BCUT2D eigenvalue weighted by Crippen LogP contribution is 2.34. The molecule has 0 aliphatic carbocycles. The van der Waals surface area contributed by atoms with Crippen LogP contribution in [0.15, 0.2) is 16.9 Å². The van der Waals surface area contributed by atoms with Crippen LogP contribution in [0.5, 0.6) is 0 Å². The number of aromatic nitrogens is 4. The third-order valence-corrected chi connectivity index (χ3v) is 4.38. The Bertz CT molecular complexity index is 624. The molecule has 3 unspecified atom stereocenters. The van der Waals surface area contributed by atoms with Gasteiger partial charge in [0.2, 0.25) is 5.89 Å². The number of nitrogens with zero attached hydrogens (tertiary/aromatic N) is 4. The lowest BCUT2D eigenvalue weighted by atomic mass is 9.97. The monoisotopic (exact) mass is 319 g/mol. The summed E-state index contributed by atoms with van der Waals surface area (Å²) in [5, 5.41) is 11.8. The van der Waals surface area contributed by atoms with Gasteiger partial charge >= 0.3 is 0 Å². The lowest BCUT2D eigenvalue weighted by Gasteiger charge is -2.19. The van der Waals surface area contributed by atoms with Crippen LogP contribution >= 0.6 is 0 Å². The molecule has 0 spiro atoms. The molecule has 1 N–H and O–H groups in total. The first-order valence-corrected chi connectivity index (χ1v) is 8.41. The summed E-state index contributed by atoms with van der Waals surface area (Å²) < 4.78 is 13.2. The second kappa shape index (κ2) is 7.23. The minimum absolute atomic E-state index is 0.0439. The molecule has 2 aromatic rings. The van der Waals surface area contributed by atoms with Crippen LogP contribution in [0.25, 0.3) is 0 Å². The quantitative estimate of drug-likeness (QED) is 0.843. The van der Waals surface area contributed by atoms with E-state index in [-0.39, 0.29) is 12.1 Å². The fraction of sp³-hybridized carbons (Fsp3) is 0.688. The van der Waals surface area contributed by atoms with Crippen LogP contribution in [0.1, 0.15) is 56.6 Å². The van der Waals surface area contributed by atoms with Gasteiger partial charge in [0, 0.05) is 43.8 Å². The molecule has 3 heterocycles. The van der Waals surface area contributed by atoms with Crippen LogP contribution < -0.4 is 5.32 Å². The molecule has 1 fully saturated rings. The van der Waals surface area contributed by atoms with Crippen molar-refractivity contribution in [2.24, 2.45) is 5.92 Å². The minimum Gasteiger partial charge on any atom is -0.373 e. The number of hydrogen-bond donors (Lipinski definition) is 1. The number of aryl methyl sites for hydroxylation is 2. The highest BCUT2D eigenvalue weighted by molar-refractivity contribution is 5.11. The summed E-state index contributed by atoms with van der Waals surface area (Å²) in [6.45, 7) is 8.68. The van der Waals surface area contributed by atoms with Gasteiger partial charge in [0.15, 0.2) is 5.82 Å². The van der Waals surface area contributed by atoms with Gasteiger partial charge in [-0.3, -0.25) is 4.68 Å². The van der Waals surface area contributed by atoms with E-state index in [1.54, 1.807) is 0 Å². The highest BCUT2D eigenvalue weighted by atomic mass is 16.5. The van der Waals surface area contributed by atoms with Crippen LogP contribution in [-0.2, 0) is 17.7 Å². The zero-order chi connectivity index (χ0) is 16.2. The standard InChI is InChI=1S/C16H25N5O2/c1-4-14-19-16(23-20-14)11(3)17-8-12-6-7-22-15(12)13-9-18-21(5-2)10-13/h9-12,15,17H,4-8H2,1-3H3. The van der Waals surface area contributed by atoms with Gasteiger partial charge in [-0.2, -0.15) is 10.1 Å². The molecule has 3 rings (SSSR count). The zero-order valence-corrected chi connectivity index (χ0v) is 14.0. The summed E-state index contributed by atoms with van der Waals surface area (Å²) in [6.07, 6.45) is 5.95. The molecule has 2 aromatic heterocycles. The van der Waals surface area contributed by atoms with Gasteiger partial charge < -0.3 is 14.6 Å². The molecule has 7 nitrogen and oxygen atoms in total. The van der Waals surface area contributed by atoms with E-state index in [0.717, 1.165) is 43.9 Å². The van der Waals surface area contributed by atoms with Gasteiger partial charge in [-0.1, -0.05) is 12.1 Å². The van der Waals surface area contributed by atoms with Gasteiger partial charge in [-0.15, -0.1) is 0 Å². The van der Waals surface area contributed by atoms with E-state index in [1.807, 2.05) is 24.7 Å². The van der Waals surface area contributed by atoms with Gasteiger partial charge in [0.25, 0.3) is 0 Å². The molecular weight excluding hydrogens is 294 g/mol. The van der Waals surface area contributed by atoms with Crippen LogP contribution in [0.3, 0.4) is 0 Å². The van der Waals surface area contributed by atoms with E-state index >= 15 is 0 Å². The maximum absolute atomic E-state index is 5.92. The van der Waals surface area contributed by atoms with Crippen molar-refractivity contribution in [1.82, 2.24) is 25.2 Å². The summed E-state index contributed by atoms with van der Waals surface area (Å²) in [7, 11) is 0. The average molecular weight is 319 g/mol. The number of rotatable bonds is 7. The van der Waals surface area contributed by atoms with Gasteiger partial charge in [-0.05, 0) is 20.3 Å².